The van der Waals surface area contributed by atoms with Crippen molar-refractivity contribution in [3.8, 4) is 5.88 Å². The maximum Gasteiger partial charge on any atom is 0.422 e. The molecule has 6 nitrogen and oxygen atoms in total. The number of guanidine groups is 1. The number of halogens is 4. The molecule has 0 spiro atoms. The zero-order valence-corrected chi connectivity index (χ0v) is 19.1. The number of nitrogens with one attached hydrogen (secondary N) is 2. The van der Waals surface area contributed by atoms with Gasteiger partial charge in [0.15, 0.2) is 12.6 Å². The molecule has 1 fully saturated rings. The lowest BCUT2D eigenvalue weighted by Gasteiger charge is -2.20. The summed E-state index contributed by atoms with van der Waals surface area (Å²) < 4.78 is 41.9. The van der Waals surface area contributed by atoms with Gasteiger partial charge in [0, 0.05) is 31.9 Å². The van der Waals surface area contributed by atoms with E-state index in [2.05, 4.69) is 25.5 Å². The van der Waals surface area contributed by atoms with Gasteiger partial charge < -0.3 is 20.3 Å². The predicted octanol–water partition coefficient (Wildman–Crippen LogP) is 3.57. The Balaban J connectivity index is 0.00000420. The molecule has 1 aliphatic rings. The van der Waals surface area contributed by atoms with Crippen molar-refractivity contribution >= 4 is 29.9 Å². The van der Waals surface area contributed by atoms with E-state index < -0.39 is 12.8 Å². The molecule has 0 aliphatic carbocycles. The molecule has 166 valence electrons. The van der Waals surface area contributed by atoms with Gasteiger partial charge in [0.1, 0.15) is 0 Å². The van der Waals surface area contributed by atoms with Gasteiger partial charge in [-0.3, -0.25) is 4.99 Å². The van der Waals surface area contributed by atoms with Crippen LogP contribution in [0.15, 0.2) is 23.3 Å². The SMILES string of the molecule is CN=C(NCCCN1CCCCCC1)NCc1cccnc1OCC(F)(F)F.I. The number of aromatic nitrogens is 1. The first-order valence-electron chi connectivity index (χ1n) is 9.78. The van der Waals surface area contributed by atoms with Crippen LogP contribution >= 0.6 is 24.0 Å². The third-order valence-corrected chi connectivity index (χ3v) is 4.53. The fourth-order valence-corrected chi connectivity index (χ4v) is 3.11. The summed E-state index contributed by atoms with van der Waals surface area (Å²) in [5.41, 5.74) is 0.541. The summed E-state index contributed by atoms with van der Waals surface area (Å²) in [6.07, 6.45) is 3.23. The van der Waals surface area contributed by atoms with Crippen LogP contribution in [0.3, 0.4) is 0 Å². The Bertz CT molecular complexity index is 608. The molecule has 0 bridgehead atoms. The topological polar surface area (TPSA) is 61.8 Å². The van der Waals surface area contributed by atoms with E-state index in [1.165, 1.54) is 45.0 Å². The summed E-state index contributed by atoms with van der Waals surface area (Å²) in [5, 5.41) is 6.34. The number of hydrogen-bond acceptors (Lipinski definition) is 4. The number of ether oxygens (including phenoxy) is 1. The Kier molecular flexibility index (Phi) is 12.3. The summed E-state index contributed by atoms with van der Waals surface area (Å²) in [5.74, 6) is 0.574. The fourth-order valence-electron chi connectivity index (χ4n) is 3.11. The Morgan fingerprint density at radius 2 is 1.93 bits per heavy atom. The minimum Gasteiger partial charge on any atom is -0.468 e. The van der Waals surface area contributed by atoms with Crippen LogP contribution in [-0.4, -0.2) is 61.9 Å². The van der Waals surface area contributed by atoms with Crippen LogP contribution in [0.5, 0.6) is 5.88 Å². The average molecular weight is 529 g/mol. The molecule has 2 heterocycles. The Morgan fingerprint density at radius 3 is 2.59 bits per heavy atom. The molecular formula is C19H31F3IN5O. The van der Waals surface area contributed by atoms with Crippen molar-refractivity contribution in [3.05, 3.63) is 23.9 Å². The number of aliphatic imine (C=N–C) groups is 1. The lowest BCUT2D eigenvalue weighted by molar-refractivity contribution is -0.154. The maximum atomic E-state index is 12.4. The molecule has 1 aromatic rings. The molecule has 2 rings (SSSR count). The second-order valence-electron chi connectivity index (χ2n) is 6.83. The van der Waals surface area contributed by atoms with Gasteiger partial charge in [0.25, 0.3) is 0 Å². The quantitative estimate of drug-likeness (QED) is 0.234. The molecule has 10 heteroatoms. The van der Waals surface area contributed by atoms with E-state index in [-0.39, 0.29) is 36.4 Å². The van der Waals surface area contributed by atoms with E-state index in [1.807, 2.05) is 0 Å². The standard InChI is InChI=1S/C19H30F3N5O.HI/c1-23-18(25-10-7-13-27-11-4-2-3-5-12-27)26-14-16-8-6-9-24-17(16)28-15-19(20,21)22;/h6,8-9H,2-5,7,10-15H2,1H3,(H2,23,25,26);1H. The van der Waals surface area contributed by atoms with Crippen molar-refractivity contribution in [1.82, 2.24) is 20.5 Å². The van der Waals surface area contributed by atoms with Crippen LogP contribution in [0.2, 0.25) is 0 Å². The first-order valence-corrected chi connectivity index (χ1v) is 9.78. The second kappa shape index (κ2) is 13.8. The van der Waals surface area contributed by atoms with E-state index in [0.717, 1.165) is 19.5 Å². The molecule has 0 radical (unpaired) electrons. The lowest BCUT2D eigenvalue weighted by Crippen LogP contribution is -2.38. The number of hydrogen-bond donors (Lipinski definition) is 2. The summed E-state index contributed by atoms with van der Waals surface area (Å²) in [6.45, 7) is 3.10. The van der Waals surface area contributed by atoms with E-state index in [1.54, 1.807) is 19.2 Å². The molecule has 29 heavy (non-hydrogen) atoms. The van der Waals surface area contributed by atoms with Crippen LogP contribution in [0, 0.1) is 0 Å². The number of nitrogens with zero attached hydrogens (tertiary/aromatic N) is 3. The van der Waals surface area contributed by atoms with Crippen LogP contribution < -0.4 is 15.4 Å². The van der Waals surface area contributed by atoms with Crippen LogP contribution in [-0.2, 0) is 6.54 Å². The van der Waals surface area contributed by atoms with Crippen molar-refractivity contribution in [2.45, 2.75) is 44.8 Å². The van der Waals surface area contributed by atoms with Crippen molar-refractivity contribution in [3.63, 3.8) is 0 Å². The van der Waals surface area contributed by atoms with Gasteiger partial charge in [-0.05, 0) is 45.0 Å². The number of alkyl halides is 3. The summed E-state index contributed by atoms with van der Waals surface area (Å²) >= 11 is 0. The molecule has 2 N–H and O–H groups in total. The number of rotatable bonds is 8. The highest BCUT2D eigenvalue weighted by Gasteiger charge is 2.29. The Hall–Kier alpha value is -1.30. The Labute approximate surface area is 187 Å². The van der Waals surface area contributed by atoms with Gasteiger partial charge in [-0.25, -0.2) is 4.98 Å². The van der Waals surface area contributed by atoms with Gasteiger partial charge in [-0.2, -0.15) is 13.2 Å². The first kappa shape index (κ1) is 25.7. The third-order valence-electron chi connectivity index (χ3n) is 4.53. The van der Waals surface area contributed by atoms with Gasteiger partial charge in [-0.1, -0.05) is 18.9 Å². The molecule has 0 amide bonds. The van der Waals surface area contributed by atoms with Crippen molar-refractivity contribution in [1.29, 1.82) is 0 Å². The monoisotopic (exact) mass is 529 g/mol. The predicted molar refractivity (Wildman–Crippen MR) is 119 cm³/mol. The van der Waals surface area contributed by atoms with E-state index in [0.29, 0.717) is 11.5 Å². The Morgan fingerprint density at radius 1 is 1.21 bits per heavy atom. The van der Waals surface area contributed by atoms with E-state index in [4.69, 9.17) is 4.74 Å². The molecule has 0 aromatic carbocycles. The van der Waals surface area contributed by atoms with Gasteiger partial charge in [-0.15, -0.1) is 24.0 Å². The molecule has 0 unspecified atom stereocenters. The van der Waals surface area contributed by atoms with Crippen molar-refractivity contribution < 1.29 is 17.9 Å². The minimum absolute atomic E-state index is 0. The smallest absolute Gasteiger partial charge is 0.422 e. The molecule has 0 saturated carbocycles. The third kappa shape index (κ3) is 10.9. The molecule has 1 aromatic heterocycles. The molecular weight excluding hydrogens is 498 g/mol. The minimum atomic E-state index is -4.40. The van der Waals surface area contributed by atoms with E-state index >= 15 is 0 Å². The van der Waals surface area contributed by atoms with Crippen molar-refractivity contribution in [2.75, 3.05) is 39.8 Å². The number of pyridine rings is 1. The average Bonchev–Trinajstić information content (AvgIpc) is 2.94. The van der Waals surface area contributed by atoms with Crippen LogP contribution in [0.25, 0.3) is 0 Å². The van der Waals surface area contributed by atoms with Gasteiger partial charge in [0.05, 0.1) is 0 Å². The molecule has 1 saturated heterocycles. The van der Waals surface area contributed by atoms with E-state index in [9.17, 15) is 13.2 Å². The highest BCUT2D eigenvalue weighted by atomic mass is 127. The fraction of sp³-hybridized carbons (Fsp3) is 0.684. The largest absolute Gasteiger partial charge is 0.468 e. The van der Waals surface area contributed by atoms with Crippen LogP contribution in [0.4, 0.5) is 13.2 Å². The molecule has 1 aliphatic heterocycles. The molecule has 0 atom stereocenters. The van der Waals surface area contributed by atoms with Crippen LogP contribution in [0.1, 0.15) is 37.7 Å². The maximum absolute atomic E-state index is 12.4. The first-order chi connectivity index (χ1) is 13.5. The number of likely N-dealkylation sites (tertiary alicyclic amines) is 1. The normalized spacial score (nSPS) is 15.9. The van der Waals surface area contributed by atoms with Gasteiger partial charge >= 0.3 is 6.18 Å². The summed E-state index contributed by atoms with van der Waals surface area (Å²) in [7, 11) is 1.66. The van der Waals surface area contributed by atoms with Crippen molar-refractivity contribution in [2.24, 2.45) is 4.99 Å². The highest BCUT2D eigenvalue weighted by Crippen LogP contribution is 2.19. The summed E-state index contributed by atoms with van der Waals surface area (Å²) in [6, 6.07) is 3.34. The zero-order chi connectivity index (χ0) is 20.2. The second-order valence-corrected chi connectivity index (χ2v) is 6.83. The highest BCUT2D eigenvalue weighted by molar-refractivity contribution is 14.0. The zero-order valence-electron chi connectivity index (χ0n) is 16.8. The van der Waals surface area contributed by atoms with Gasteiger partial charge in [0.2, 0.25) is 5.88 Å². The summed E-state index contributed by atoms with van der Waals surface area (Å²) in [4.78, 5) is 10.6. The lowest BCUT2D eigenvalue weighted by atomic mass is 10.2.